The van der Waals surface area contributed by atoms with Gasteiger partial charge in [-0.25, -0.2) is 0 Å². The summed E-state index contributed by atoms with van der Waals surface area (Å²) in [6.07, 6.45) is 1.67. The minimum Gasteiger partial charge on any atom is -0.393 e. The Kier molecular flexibility index (Phi) is 6.18. The molecule has 1 unspecified atom stereocenters. The predicted molar refractivity (Wildman–Crippen MR) is 48.6 cm³/mol. The number of aliphatic hydroxyl groups is 1. The van der Waals surface area contributed by atoms with E-state index in [1.54, 1.807) is 6.92 Å². The van der Waals surface area contributed by atoms with Crippen LogP contribution in [0, 0.1) is 0 Å². The van der Waals surface area contributed by atoms with Gasteiger partial charge in [0, 0.05) is 0 Å². The van der Waals surface area contributed by atoms with Gasteiger partial charge in [0.25, 0.3) is 0 Å². The molecular formula is C9H19NO. The van der Waals surface area contributed by atoms with E-state index in [2.05, 4.69) is 11.9 Å². The van der Waals surface area contributed by atoms with Crippen LogP contribution in [0.3, 0.4) is 0 Å². The smallest absolute Gasteiger partial charge is 0.0524 e. The SMILES string of the molecule is C=C(C)CCNCCC(C)O. The molecule has 0 aromatic rings. The highest BCUT2D eigenvalue weighted by Crippen LogP contribution is 1.92. The van der Waals surface area contributed by atoms with E-state index in [1.807, 2.05) is 6.92 Å². The number of hydrogen-bond acceptors (Lipinski definition) is 2. The molecule has 0 bridgehead atoms. The van der Waals surface area contributed by atoms with Crippen LogP contribution in [-0.4, -0.2) is 24.3 Å². The standard InChI is InChI=1S/C9H19NO/c1-8(2)4-6-10-7-5-9(3)11/h9-11H,1,4-7H2,2-3H3. The van der Waals surface area contributed by atoms with E-state index in [1.165, 1.54) is 5.57 Å². The highest BCUT2D eigenvalue weighted by atomic mass is 16.3. The molecule has 11 heavy (non-hydrogen) atoms. The number of hydrogen-bond donors (Lipinski definition) is 2. The number of nitrogens with one attached hydrogen (secondary N) is 1. The van der Waals surface area contributed by atoms with Crippen molar-refractivity contribution in [2.24, 2.45) is 0 Å². The summed E-state index contributed by atoms with van der Waals surface area (Å²) in [6.45, 7) is 9.50. The van der Waals surface area contributed by atoms with Crippen LogP contribution in [-0.2, 0) is 0 Å². The second kappa shape index (κ2) is 6.38. The molecule has 0 saturated carbocycles. The highest BCUT2D eigenvalue weighted by Gasteiger charge is 1.93. The Labute approximate surface area is 69.3 Å². The first-order chi connectivity index (χ1) is 5.13. The quantitative estimate of drug-likeness (QED) is 0.450. The van der Waals surface area contributed by atoms with Crippen molar-refractivity contribution in [1.29, 1.82) is 0 Å². The van der Waals surface area contributed by atoms with Crippen LogP contribution in [0.4, 0.5) is 0 Å². The summed E-state index contributed by atoms with van der Waals surface area (Å²) in [5, 5.41) is 12.1. The predicted octanol–water partition coefficient (Wildman–Crippen LogP) is 1.31. The summed E-state index contributed by atoms with van der Waals surface area (Å²) < 4.78 is 0. The Morgan fingerprint density at radius 1 is 1.55 bits per heavy atom. The zero-order valence-corrected chi connectivity index (χ0v) is 7.56. The second-order valence-corrected chi connectivity index (χ2v) is 3.09. The molecule has 0 aromatic carbocycles. The van der Waals surface area contributed by atoms with Gasteiger partial charge in [-0.05, 0) is 39.8 Å². The van der Waals surface area contributed by atoms with E-state index in [9.17, 15) is 0 Å². The lowest BCUT2D eigenvalue weighted by molar-refractivity contribution is 0.184. The van der Waals surface area contributed by atoms with Crippen molar-refractivity contribution in [2.45, 2.75) is 32.8 Å². The maximum Gasteiger partial charge on any atom is 0.0524 e. The first-order valence-corrected chi connectivity index (χ1v) is 4.16. The van der Waals surface area contributed by atoms with Gasteiger partial charge in [0.05, 0.1) is 6.10 Å². The van der Waals surface area contributed by atoms with Crippen LogP contribution in [0.2, 0.25) is 0 Å². The Hall–Kier alpha value is -0.340. The first-order valence-electron chi connectivity index (χ1n) is 4.16. The molecule has 0 aromatic heterocycles. The van der Waals surface area contributed by atoms with Gasteiger partial charge in [0.15, 0.2) is 0 Å². The summed E-state index contributed by atoms with van der Waals surface area (Å²) in [7, 11) is 0. The maximum atomic E-state index is 8.90. The minimum absolute atomic E-state index is 0.188. The van der Waals surface area contributed by atoms with Gasteiger partial charge in [0.1, 0.15) is 0 Å². The van der Waals surface area contributed by atoms with Crippen LogP contribution < -0.4 is 5.32 Å². The van der Waals surface area contributed by atoms with Crippen LogP contribution in [0.5, 0.6) is 0 Å². The summed E-state index contributed by atoms with van der Waals surface area (Å²) in [6, 6.07) is 0. The molecule has 0 heterocycles. The Bertz CT molecular complexity index is 110. The fraction of sp³-hybridized carbons (Fsp3) is 0.778. The maximum absolute atomic E-state index is 8.90. The molecule has 0 radical (unpaired) electrons. The molecule has 0 aliphatic heterocycles. The average Bonchev–Trinajstić information content (AvgIpc) is 1.85. The fourth-order valence-electron chi connectivity index (χ4n) is 0.738. The Balaban J connectivity index is 2.97. The molecule has 0 amide bonds. The molecule has 2 N–H and O–H groups in total. The summed E-state index contributed by atoms with van der Waals surface area (Å²) in [5.41, 5.74) is 1.20. The van der Waals surface area contributed by atoms with Gasteiger partial charge < -0.3 is 10.4 Å². The largest absolute Gasteiger partial charge is 0.393 e. The molecule has 0 spiro atoms. The third kappa shape index (κ3) is 9.66. The highest BCUT2D eigenvalue weighted by molar-refractivity contribution is 4.88. The van der Waals surface area contributed by atoms with Gasteiger partial charge >= 0.3 is 0 Å². The van der Waals surface area contributed by atoms with E-state index in [0.717, 1.165) is 25.9 Å². The van der Waals surface area contributed by atoms with E-state index in [4.69, 9.17) is 5.11 Å². The number of aliphatic hydroxyl groups excluding tert-OH is 1. The Morgan fingerprint density at radius 3 is 2.64 bits per heavy atom. The molecule has 0 aliphatic rings. The van der Waals surface area contributed by atoms with E-state index < -0.39 is 0 Å². The summed E-state index contributed by atoms with van der Waals surface area (Å²) in [5.74, 6) is 0. The molecule has 2 heteroatoms. The van der Waals surface area contributed by atoms with Crippen molar-refractivity contribution in [3.8, 4) is 0 Å². The molecule has 66 valence electrons. The fourth-order valence-corrected chi connectivity index (χ4v) is 0.738. The zero-order valence-electron chi connectivity index (χ0n) is 7.56. The molecule has 2 nitrogen and oxygen atoms in total. The minimum atomic E-state index is -0.188. The molecule has 0 saturated heterocycles. The van der Waals surface area contributed by atoms with Crippen LogP contribution in [0.15, 0.2) is 12.2 Å². The lowest BCUT2D eigenvalue weighted by Gasteiger charge is -2.05. The first kappa shape index (κ1) is 10.7. The lowest BCUT2D eigenvalue weighted by atomic mass is 10.2. The van der Waals surface area contributed by atoms with E-state index >= 15 is 0 Å². The van der Waals surface area contributed by atoms with Crippen molar-refractivity contribution >= 4 is 0 Å². The van der Waals surface area contributed by atoms with Crippen molar-refractivity contribution < 1.29 is 5.11 Å². The summed E-state index contributed by atoms with van der Waals surface area (Å²) >= 11 is 0. The van der Waals surface area contributed by atoms with Crippen LogP contribution in [0.1, 0.15) is 26.7 Å². The zero-order chi connectivity index (χ0) is 8.69. The molecule has 0 fully saturated rings. The Morgan fingerprint density at radius 2 is 2.18 bits per heavy atom. The lowest BCUT2D eigenvalue weighted by Crippen LogP contribution is -2.20. The van der Waals surface area contributed by atoms with E-state index in [-0.39, 0.29) is 6.10 Å². The monoisotopic (exact) mass is 157 g/mol. The van der Waals surface area contributed by atoms with Gasteiger partial charge in [-0.2, -0.15) is 0 Å². The normalized spacial score (nSPS) is 13.0. The van der Waals surface area contributed by atoms with Gasteiger partial charge in [-0.15, -0.1) is 6.58 Å². The molecule has 0 aliphatic carbocycles. The van der Waals surface area contributed by atoms with Crippen molar-refractivity contribution in [3.05, 3.63) is 12.2 Å². The third-order valence-corrected chi connectivity index (χ3v) is 1.47. The van der Waals surface area contributed by atoms with Gasteiger partial charge in [0.2, 0.25) is 0 Å². The van der Waals surface area contributed by atoms with Crippen LogP contribution >= 0.6 is 0 Å². The molecule has 0 rings (SSSR count). The van der Waals surface area contributed by atoms with Crippen molar-refractivity contribution in [3.63, 3.8) is 0 Å². The van der Waals surface area contributed by atoms with Gasteiger partial charge in [-0.3, -0.25) is 0 Å². The van der Waals surface area contributed by atoms with Crippen molar-refractivity contribution in [2.75, 3.05) is 13.1 Å². The average molecular weight is 157 g/mol. The molecular weight excluding hydrogens is 138 g/mol. The molecule has 1 atom stereocenters. The van der Waals surface area contributed by atoms with Crippen molar-refractivity contribution in [1.82, 2.24) is 5.32 Å². The van der Waals surface area contributed by atoms with Crippen LogP contribution in [0.25, 0.3) is 0 Å². The second-order valence-electron chi connectivity index (χ2n) is 3.09. The topological polar surface area (TPSA) is 32.3 Å². The van der Waals surface area contributed by atoms with Gasteiger partial charge in [-0.1, -0.05) is 5.57 Å². The summed E-state index contributed by atoms with van der Waals surface area (Å²) in [4.78, 5) is 0. The third-order valence-electron chi connectivity index (χ3n) is 1.47. The number of rotatable bonds is 6. The van der Waals surface area contributed by atoms with E-state index in [0.29, 0.717) is 0 Å².